The number of hydrogen-bond donors (Lipinski definition) is 3. The highest BCUT2D eigenvalue weighted by Crippen LogP contribution is 2.16. The van der Waals surface area contributed by atoms with E-state index >= 15 is 0 Å². The summed E-state index contributed by atoms with van der Waals surface area (Å²) in [7, 11) is 0. The molecule has 58 heavy (non-hydrogen) atoms. The van der Waals surface area contributed by atoms with Crippen molar-refractivity contribution >= 4 is 11.9 Å². The Bertz CT molecular complexity index is 1130. The lowest BCUT2D eigenvalue weighted by Gasteiger charge is -2.24. The van der Waals surface area contributed by atoms with Gasteiger partial charge in [0.25, 0.3) is 0 Å². The van der Waals surface area contributed by atoms with Gasteiger partial charge in [0.1, 0.15) is 6.10 Å². The lowest BCUT2D eigenvalue weighted by Crippen LogP contribution is -2.46. The van der Waals surface area contributed by atoms with Crippen molar-refractivity contribution in [1.29, 1.82) is 0 Å². The van der Waals surface area contributed by atoms with Crippen molar-refractivity contribution in [3.63, 3.8) is 0 Å². The smallest absolute Gasteiger partial charge is 0.306 e. The van der Waals surface area contributed by atoms with E-state index in [-0.39, 0.29) is 31.3 Å². The number of hydrogen-bond acceptors (Lipinski definition) is 5. The van der Waals surface area contributed by atoms with Crippen LogP contribution < -0.4 is 5.32 Å². The minimum atomic E-state index is -0.807. The molecular weight excluding hydrogens is 719 g/mol. The molecule has 6 heteroatoms. The van der Waals surface area contributed by atoms with Gasteiger partial charge >= 0.3 is 5.97 Å². The number of unbranched alkanes of at least 4 members (excludes halogenated alkanes) is 16. The summed E-state index contributed by atoms with van der Waals surface area (Å²) in [6, 6.07) is -0.725. The van der Waals surface area contributed by atoms with Crippen molar-refractivity contribution in [3.8, 4) is 0 Å². The van der Waals surface area contributed by atoms with E-state index in [1.54, 1.807) is 0 Å². The lowest BCUT2D eigenvalue weighted by atomic mass is 10.0. The van der Waals surface area contributed by atoms with Crippen LogP contribution in [-0.2, 0) is 14.3 Å². The third-order valence-electron chi connectivity index (χ3n) is 10.2. The number of ether oxygens (including phenoxy) is 1. The molecule has 0 radical (unpaired) electrons. The van der Waals surface area contributed by atoms with E-state index in [9.17, 15) is 19.8 Å². The highest BCUT2D eigenvalue weighted by molar-refractivity contribution is 5.77. The molecule has 3 atom stereocenters. The maximum absolute atomic E-state index is 13.1. The minimum Gasteiger partial charge on any atom is -0.462 e. The van der Waals surface area contributed by atoms with Crippen molar-refractivity contribution in [1.82, 2.24) is 5.32 Å². The van der Waals surface area contributed by atoms with Crippen LogP contribution in [0.4, 0.5) is 0 Å². The van der Waals surface area contributed by atoms with Gasteiger partial charge in [-0.1, -0.05) is 196 Å². The fourth-order valence-corrected chi connectivity index (χ4v) is 6.64. The van der Waals surface area contributed by atoms with E-state index in [0.717, 1.165) is 89.9 Å². The van der Waals surface area contributed by atoms with E-state index in [1.165, 1.54) is 64.2 Å². The molecule has 3 unspecified atom stereocenters. The SMILES string of the molecule is CC/C=C/C/C=C/C/C=C/C/C=C/C/C=C/CCC(=O)OC(CCCCCC/C=C/C=C/CCCCC)CC(=O)NC(CO)C(O)CCCCCCCCCCCC. The minimum absolute atomic E-state index is 0.0300. The van der Waals surface area contributed by atoms with Crippen LogP contribution in [-0.4, -0.2) is 46.9 Å². The van der Waals surface area contributed by atoms with Crippen LogP contribution in [0.1, 0.15) is 207 Å². The summed E-state index contributed by atoms with van der Waals surface area (Å²) in [6.07, 6.45) is 57.9. The van der Waals surface area contributed by atoms with Crippen LogP contribution in [0.2, 0.25) is 0 Å². The number of rotatable bonds is 41. The third kappa shape index (κ3) is 39.8. The molecular formula is C52H89NO5. The molecule has 0 aliphatic heterocycles. The lowest BCUT2D eigenvalue weighted by molar-refractivity contribution is -0.150. The highest BCUT2D eigenvalue weighted by atomic mass is 16.5. The fraction of sp³-hybridized carbons (Fsp3) is 0.692. The summed E-state index contributed by atoms with van der Waals surface area (Å²) in [4.78, 5) is 26.0. The Balaban J connectivity index is 4.76. The average molecular weight is 808 g/mol. The Kier molecular flexibility index (Phi) is 42.8. The zero-order valence-corrected chi connectivity index (χ0v) is 37.6. The molecule has 0 aromatic carbocycles. The Morgan fingerprint density at radius 1 is 0.534 bits per heavy atom. The monoisotopic (exact) mass is 808 g/mol. The normalized spacial score (nSPS) is 14.1. The first kappa shape index (κ1) is 55.0. The Morgan fingerprint density at radius 3 is 1.52 bits per heavy atom. The van der Waals surface area contributed by atoms with E-state index in [2.05, 4.69) is 105 Å². The van der Waals surface area contributed by atoms with Gasteiger partial charge in [0.05, 0.1) is 25.2 Å². The molecule has 3 N–H and O–H groups in total. The quantitative estimate of drug-likeness (QED) is 0.0247. The Hall–Kier alpha value is -2.96. The van der Waals surface area contributed by atoms with Crippen molar-refractivity contribution < 1.29 is 24.5 Å². The van der Waals surface area contributed by atoms with Gasteiger partial charge in [-0.2, -0.15) is 0 Å². The number of amides is 1. The summed E-state index contributed by atoms with van der Waals surface area (Å²) in [5, 5.41) is 23.6. The van der Waals surface area contributed by atoms with Crippen molar-refractivity contribution in [2.24, 2.45) is 0 Å². The van der Waals surface area contributed by atoms with Gasteiger partial charge in [-0.3, -0.25) is 9.59 Å². The van der Waals surface area contributed by atoms with E-state index in [4.69, 9.17) is 4.74 Å². The fourth-order valence-electron chi connectivity index (χ4n) is 6.64. The third-order valence-corrected chi connectivity index (χ3v) is 10.2. The molecule has 6 nitrogen and oxygen atoms in total. The first-order valence-electron chi connectivity index (χ1n) is 23.8. The van der Waals surface area contributed by atoms with Gasteiger partial charge in [-0.15, -0.1) is 0 Å². The molecule has 0 heterocycles. The molecule has 0 aromatic heterocycles. The predicted octanol–water partition coefficient (Wildman–Crippen LogP) is 14.0. The van der Waals surface area contributed by atoms with Gasteiger partial charge in [0, 0.05) is 6.42 Å². The van der Waals surface area contributed by atoms with Crippen LogP contribution >= 0.6 is 0 Å². The Morgan fingerprint density at radius 2 is 0.983 bits per heavy atom. The van der Waals surface area contributed by atoms with Gasteiger partial charge in [0.2, 0.25) is 5.91 Å². The van der Waals surface area contributed by atoms with Crippen LogP contribution in [0, 0.1) is 0 Å². The van der Waals surface area contributed by atoms with Crippen LogP contribution in [0.25, 0.3) is 0 Å². The second kappa shape index (κ2) is 45.1. The summed E-state index contributed by atoms with van der Waals surface area (Å²) < 4.78 is 5.86. The Labute approximate surface area is 357 Å². The molecule has 0 rings (SSSR count). The predicted molar refractivity (Wildman–Crippen MR) is 250 cm³/mol. The summed E-state index contributed by atoms with van der Waals surface area (Å²) in [5.74, 6) is -0.601. The van der Waals surface area contributed by atoms with E-state index in [1.807, 2.05) is 6.08 Å². The molecule has 0 aromatic rings. The molecule has 332 valence electrons. The molecule has 0 aliphatic rings. The van der Waals surface area contributed by atoms with Gasteiger partial charge in [-0.25, -0.2) is 0 Å². The van der Waals surface area contributed by atoms with Crippen molar-refractivity contribution in [2.45, 2.75) is 225 Å². The molecule has 0 bridgehead atoms. The topological polar surface area (TPSA) is 95.9 Å². The molecule has 0 fully saturated rings. The average Bonchev–Trinajstić information content (AvgIpc) is 3.22. The number of carbonyl (C=O) groups is 2. The zero-order chi connectivity index (χ0) is 42.4. The number of allylic oxidation sites excluding steroid dienone is 14. The van der Waals surface area contributed by atoms with Crippen molar-refractivity contribution in [3.05, 3.63) is 85.1 Å². The first-order valence-corrected chi connectivity index (χ1v) is 23.8. The number of esters is 1. The number of nitrogens with one attached hydrogen (secondary N) is 1. The first-order chi connectivity index (χ1) is 28.5. The molecule has 0 saturated carbocycles. The van der Waals surface area contributed by atoms with Gasteiger partial charge < -0.3 is 20.3 Å². The standard InChI is InChI=1S/C52H89NO5/c1-4-7-10-13-16-19-22-24-25-26-28-30-33-36-39-42-45-52(57)58-48(43-40-37-34-31-29-27-23-20-17-14-11-8-5-2)46-51(56)53-49(47-54)50(55)44-41-38-35-32-21-18-15-12-9-6-3/h7,10,16-17,19-20,23-25,27-28,30,36,39,48-50,54-55H,4-6,8-9,11-15,18,21-22,26,29,31-35,37-38,40-47H2,1-3H3,(H,53,56)/b10-7+,19-16+,20-17+,25-24+,27-23+,30-28+,39-36+. The highest BCUT2D eigenvalue weighted by Gasteiger charge is 2.24. The molecule has 0 spiro atoms. The van der Waals surface area contributed by atoms with Crippen molar-refractivity contribution in [2.75, 3.05) is 6.61 Å². The number of carbonyl (C=O) groups excluding carboxylic acids is 2. The molecule has 1 amide bonds. The van der Waals surface area contributed by atoms with E-state index < -0.39 is 18.2 Å². The largest absolute Gasteiger partial charge is 0.462 e. The summed E-state index contributed by atoms with van der Waals surface area (Å²) >= 11 is 0. The molecule has 0 aliphatic carbocycles. The summed E-state index contributed by atoms with van der Waals surface area (Å²) in [6.45, 7) is 6.28. The second-order valence-corrected chi connectivity index (χ2v) is 15.8. The van der Waals surface area contributed by atoms with Gasteiger partial charge in [0.15, 0.2) is 0 Å². The maximum Gasteiger partial charge on any atom is 0.306 e. The number of aliphatic hydroxyl groups excluding tert-OH is 2. The van der Waals surface area contributed by atoms with Crippen LogP contribution in [0.15, 0.2) is 85.1 Å². The van der Waals surface area contributed by atoms with Crippen LogP contribution in [0.3, 0.4) is 0 Å². The summed E-state index contributed by atoms with van der Waals surface area (Å²) in [5.41, 5.74) is 0. The zero-order valence-electron chi connectivity index (χ0n) is 37.6. The number of aliphatic hydroxyl groups is 2. The molecule has 0 saturated heterocycles. The van der Waals surface area contributed by atoms with Crippen LogP contribution in [0.5, 0.6) is 0 Å². The van der Waals surface area contributed by atoms with E-state index in [0.29, 0.717) is 19.3 Å². The van der Waals surface area contributed by atoms with Gasteiger partial charge in [-0.05, 0) is 83.5 Å². The second-order valence-electron chi connectivity index (χ2n) is 15.8. The maximum atomic E-state index is 13.1.